The lowest BCUT2D eigenvalue weighted by Crippen LogP contribution is -2.53. The molecule has 1 aliphatic heterocycles. The Labute approximate surface area is 201 Å². The summed E-state index contributed by atoms with van der Waals surface area (Å²) in [5, 5.41) is 10.8. The predicted octanol–water partition coefficient (Wildman–Crippen LogP) is 2.20. The molecule has 0 atom stereocenters. The summed E-state index contributed by atoms with van der Waals surface area (Å²) in [6.45, 7) is 5.09. The van der Waals surface area contributed by atoms with Gasteiger partial charge >= 0.3 is 0 Å². The highest BCUT2D eigenvalue weighted by atomic mass is 127. The summed E-state index contributed by atoms with van der Waals surface area (Å²) < 4.78 is 31.4. The zero-order chi connectivity index (χ0) is 21.5. The molecule has 10 heteroatoms. The number of sulfone groups is 1. The van der Waals surface area contributed by atoms with E-state index in [4.69, 9.17) is 9.73 Å². The molecule has 1 fully saturated rings. The zero-order valence-corrected chi connectivity index (χ0v) is 21.2. The molecule has 0 amide bonds. The van der Waals surface area contributed by atoms with Crippen LogP contribution in [-0.4, -0.2) is 61.5 Å². The van der Waals surface area contributed by atoms with Gasteiger partial charge in [-0.3, -0.25) is 4.68 Å². The van der Waals surface area contributed by atoms with Crippen LogP contribution in [0.5, 0.6) is 0 Å². The lowest BCUT2D eigenvalue weighted by atomic mass is 9.99. The topological polar surface area (TPSA) is 97.6 Å². The average Bonchev–Trinajstić information content (AvgIpc) is 3.24. The molecule has 1 aliphatic rings. The van der Waals surface area contributed by atoms with Gasteiger partial charge in [0.05, 0.1) is 17.8 Å². The lowest BCUT2D eigenvalue weighted by Gasteiger charge is -2.35. The Morgan fingerprint density at radius 2 is 1.90 bits per heavy atom. The molecule has 31 heavy (non-hydrogen) atoms. The molecule has 172 valence electrons. The maximum atomic E-state index is 12.5. The Bertz CT molecular complexity index is 942. The number of guanidine groups is 1. The number of aromatic nitrogens is 2. The van der Waals surface area contributed by atoms with Crippen LogP contribution in [0.25, 0.3) is 0 Å². The molecule has 2 aromatic rings. The summed E-state index contributed by atoms with van der Waals surface area (Å²) in [4.78, 5) is 4.71. The maximum absolute atomic E-state index is 12.5. The fraction of sp³-hybridized carbons (Fsp3) is 0.524. The molecule has 0 saturated carbocycles. The number of benzene rings is 1. The van der Waals surface area contributed by atoms with Crippen molar-refractivity contribution >= 4 is 39.8 Å². The van der Waals surface area contributed by atoms with Crippen LogP contribution in [0.2, 0.25) is 0 Å². The SMILES string of the molecule is CCNC(=NCc1ccccc1Cn1cccn1)NCC1(S(C)(=O)=O)CCOCC1.I. The molecule has 1 aromatic heterocycles. The van der Waals surface area contributed by atoms with Crippen molar-refractivity contribution < 1.29 is 13.2 Å². The van der Waals surface area contributed by atoms with Crippen molar-refractivity contribution in [3.63, 3.8) is 0 Å². The van der Waals surface area contributed by atoms with Crippen LogP contribution >= 0.6 is 24.0 Å². The Morgan fingerprint density at radius 1 is 1.19 bits per heavy atom. The molecule has 3 rings (SSSR count). The van der Waals surface area contributed by atoms with E-state index in [1.165, 1.54) is 6.26 Å². The van der Waals surface area contributed by atoms with Gasteiger partial charge in [-0.05, 0) is 37.0 Å². The minimum absolute atomic E-state index is 0. The van der Waals surface area contributed by atoms with E-state index in [0.29, 0.717) is 58.2 Å². The van der Waals surface area contributed by atoms with Gasteiger partial charge in [0.1, 0.15) is 0 Å². The summed E-state index contributed by atoms with van der Waals surface area (Å²) in [6.07, 6.45) is 6.00. The summed E-state index contributed by atoms with van der Waals surface area (Å²) in [5.41, 5.74) is 2.26. The van der Waals surface area contributed by atoms with Crippen molar-refractivity contribution in [2.45, 2.75) is 37.6 Å². The Hall–Kier alpha value is -1.66. The zero-order valence-electron chi connectivity index (χ0n) is 18.1. The van der Waals surface area contributed by atoms with Crippen LogP contribution in [0.3, 0.4) is 0 Å². The molecule has 1 aromatic carbocycles. The summed E-state index contributed by atoms with van der Waals surface area (Å²) in [7, 11) is -3.24. The normalized spacial score (nSPS) is 16.4. The quantitative estimate of drug-likeness (QED) is 0.292. The first-order chi connectivity index (χ1) is 14.4. The maximum Gasteiger partial charge on any atom is 0.191 e. The molecule has 0 spiro atoms. The number of aliphatic imine (C=N–C) groups is 1. The highest BCUT2D eigenvalue weighted by molar-refractivity contribution is 14.0. The van der Waals surface area contributed by atoms with Crippen LogP contribution in [0.1, 0.15) is 30.9 Å². The van der Waals surface area contributed by atoms with Crippen molar-refractivity contribution in [2.75, 3.05) is 32.6 Å². The number of halogens is 1. The minimum atomic E-state index is -3.24. The molecule has 8 nitrogen and oxygen atoms in total. The second-order valence-electron chi connectivity index (χ2n) is 7.59. The largest absolute Gasteiger partial charge is 0.381 e. The van der Waals surface area contributed by atoms with Gasteiger partial charge < -0.3 is 15.4 Å². The van der Waals surface area contributed by atoms with E-state index in [1.54, 1.807) is 6.20 Å². The van der Waals surface area contributed by atoms with Gasteiger partial charge in [0, 0.05) is 45.0 Å². The standard InChI is InChI=1S/C21H31N5O3S.HI/c1-3-22-20(24-17-21(30(2,27)28)9-13-29-14-10-21)23-15-18-7-4-5-8-19(18)16-26-12-6-11-25-26;/h4-8,11-12H,3,9-10,13-17H2,1-2H3,(H2,22,23,24);1H. The summed E-state index contributed by atoms with van der Waals surface area (Å²) in [5.74, 6) is 0.612. The number of hydrogen-bond acceptors (Lipinski definition) is 5. The molecule has 0 aliphatic carbocycles. The van der Waals surface area contributed by atoms with E-state index in [0.717, 1.165) is 11.1 Å². The number of rotatable bonds is 8. The van der Waals surface area contributed by atoms with E-state index in [1.807, 2.05) is 36.0 Å². The molecule has 1 saturated heterocycles. The van der Waals surface area contributed by atoms with E-state index < -0.39 is 14.6 Å². The van der Waals surface area contributed by atoms with Crippen LogP contribution in [-0.2, 0) is 27.7 Å². The molecule has 2 N–H and O–H groups in total. The Balaban J connectivity index is 0.00000341. The van der Waals surface area contributed by atoms with E-state index in [2.05, 4.69) is 27.9 Å². The van der Waals surface area contributed by atoms with Gasteiger partial charge in [-0.25, -0.2) is 13.4 Å². The van der Waals surface area contributed by atoms with E-state index in [9.17, 15) is 8.42 Å². The van der Waals surface area contributed by atoms with Crippen molar-refractivity contribution in [3.8, 4) is 0 Å². The monoisotopic (exact) mass is 561 g/mol. The molecule has 2 heterocycles. The van der Waals surface area contributed by atoms with Crippen molar-refractivity contribution in [1.29, 1.82) is 0 Å². The van der Waals surface area contributed by atoms with E-state index in [-0.39, 0.29) is 24.0 Å². The van der Waals surface area contributed by atoms with E-state index >= 15 is 0 Å². The van der Waals surface area contributed by atoms with Crippen molar-refractivity contribution in [2.24, 2.45) is 4.99 Å². The van der Waals surface area contributed by atoms with Gasteiger partial charge in [-0.2, -0.15) is 5.10 Å². The van der Waals surface area contributed by atoms with Gasteiger partial charge in [-0.15, -0.1) is 24.0 Å². The molecule has 0 unspecified atom stereocenters. The first-order valence-electron chi connectivity index (χ1n) is 10.3. The average molecular weight is 561 g/mol. The predicted molar refractivity (Wildman–Crippen MR) is 134 cm³/mol. The number of nitrogens with zero attached hydrogens (tertiary/aromatic N) is 3. The van der Waals surface area contributed by atoms with Crippen LogP contribution in [0.15, 0.2) is 47.7 Å². The summed E-state index contributed by atoms with van der Waals surface area (Å²) >= 11 is 0. The fourth-order valence-corrected chi connectivity index (χ4v) is 4.85. The van der Waals surface area contributed by atoms with Gasteiger partial charge in [0.25, 0.3) is 0 Å². The van der Waals surface area contributed by atoms with Gasteiger partial charge in [-0.1, -0.05) is 24.3 Å². The highest BCUT2D eigenvalue weighted by Crippen LogP contribution is 2.28. The van der Waals surface area contributed by atoms with Crippen molar-refractivity contribution in [1.82, 2.24) is 20.4 Å². The molecular weight excluding hydrogens is 529 g/mol. The second kappa shape index (κ2) is 11.8. The highest BCUT2D eigenvalue weighted by Gasteiger charge is 2.42. The van der Waals surface area contributed by atoms with Crippen LogP contribution in [0.4, 0.5) is 0 Å². The Morgan fingerprint density at radius 3 is 2.52 bits per heavy atom. The van der Waals surface area contributed by atoms with Gasteiger partial charge in [0.15, 0.2) is 15.8 Å². The van der Waals surface area contributed by atoms with Crippen molar-refractivity contribution in [3.05, 3.63) is 53.9 Å². The number of ether oxygens (including phenoxy) is 1. The number of nitrogens with one attached hydrogen (secondary N) is 2. The third-order valence-electron chi connectivity index (χ3n) is 5.53. The lowest BCUT2D eigenvalue weighted by molar-refractivity contribution is 0.0756. The first kappa shape index (κ1) is 25.6. The smallest absolute Gasteiger partial charge is 0.191 e. The van der Waals surface area contributed by atoms with Crippen LogP contribution < -0.4 is 10.6 Å². The second-order valence-corrected chi connectivity index (χ2v) is 10.00. The third kappa shape index (κ3) is 6.91. The molecule has 0 bridgehead atoms. The third-order valence-corrected chi connectivity index (χ3v) is 7.66. The van der Waals surface area contributed by atoms with Gasteiger partial charge in [0.2, 0.25) is 0 Å². The molecular formula is C21H32IN5O3S. The Kier molecular flexibility index (Phi) is 9.76. The minimum Gasteiger partial charge on any atom is -0.381 e. The fourth-order valence-electron chi connectivity index (χ4n) is 3.61. The molecule has 0 radical (unpaired) electrons. The first-order valence-corrected chi connectivity index (χ1v) is 12.2. The number of hydrogen-bond donors (Lipinski definition) is 2. The van der Waals surface area contributed by atoms with Crippen LogP contribution in [0, 0.1) is 0 Å². The summed E-state index contributed by atoms with van der Waals surface area (Å²) in [6, 6.07) is 10.0.